The number of aryl methyl sites for hydroxylation is 2. The minimum absolute atomic E-state index is 0.0153. The largest absolute Gasteiger partial charge is 0.496 e. The molecule has 0 spiro atoms. The van der Waals surface area contributed by atoms with E-state index in [1.807, 2.05) is 43.3 Å². The maximum atomic E-state index is 12.0. The molecule has 2 aromatic carbocycles. The van der Waals surface area contributed by atoms with Crippen LogP contribution in [0.25, 0.3) is 0 Å². The van der Waals surface area contributed by atoms with Crippen molar-refractivity contribution in [3.05, 3.63) is 58.1 Å². The number of nitrogens with one attached hydrogen (secondary N) is 1. The third kappa shape index (κ3) is 4.60. The van der Waals surface area contributed by atoms with Crippen LogP contribution in [0.5, 0.6) is 5.75 Å². The van der Waals surface area contributed by atoms with Crippen LogP contribution >= 0.6 is 15.9 Å². The average molecular weight is 348 g/mol. The van der Waals surface area contributed by atoms with Crippen molar-refractivity contribution in [2.45, 2.75) is 19.8 Å². The van der Waals surface area contributed by atoms with Crippen molar-refractivity contribution in [2.75, 3.05) is 12.4 Å². The summed E-state index contributed by atoms with van der Waals surface area (Å²) < 4.78 is 6.18. The number of carbonyl (C=O) groups is 1. The van der Waals surface area contributed by atoms with E-state index in [0.29, 0.717) is 12.8 Å². The van der Waals surface area contributed by atoms with Gasteiger partial charge < -0.3 is 10.1 Å². The fourth-order valence-corrected chi connectivity index (χ4v) is 2.54. The molecule has 0 saturated heterocycles. The minimum atomic E-state index is 0.0153. The Morgan fingerprint density at radius 2 is 2.05 bits per heavy atom. The van der Waals surface area contributed by atoms with E-state index >= 15 is 0 Å². The first kappa shape index (κ1) is 15.6. The van der Waals surface area contributed by atoms with E-state index in [-0.39, 0.29) is 5.91 Å². The molecule has 4 heteroatoms. The van der Waals surface area contributed by atoms with Crippen molar-refractivity contribution in [3.63, 3.8) is 0 Å². The number of halogens is 1. The SMILES string of the molecule is COc1ccc(CCC(=O)Nc2cccc(Br)c2)cc1C. The predicted molar refractivity (Wildman–Crippen MR) is 88.8 cm³/mol. The second-order valence-corrected chi connectivity index (χ2v) is 5.78. The lowest BCUT2D eigenvalue weighted by molar-refractivity contribution is -0.116. The minimum Gasteiger partial charge on any atom is -0.496 e. The van der Waals surface area contributed by atoms with Crippen LogP contribution < -0.4 is 10.1 Å². The van der Waals surface area contributed by atoms with Crippen LogP contribution in [-0.4, -0.2) is 13.0 Å². The molecule has 110 valence electrons. The van der Waals surface area contributed by atoms with Crippen molar-refractivity contribution in [3.8, 4) is 5.75 Å². The molecule has 0 atom stereocenters. The van der Waals surface area contributed by atoms with Gasteiger partial charge in [0.1, 0.15) is 5.75 Å². The van der Waals surface area contributed by atoms with Crippen molar-refractivity contribution in [1.82, 2.24) is 0 Å². The smallest absolute Gasteiger partial charge is 0.224 e. The summed E-state index contributed by atoms with van der Waals surface area (Å²) in [6, 6.07) is 13.6. The van der Waals surface area contributed by atoms with E-state index in [4.69, 9.17) is 4.74 Å². The molecule has 3 nitrogen and oxygen atoms in total. The van der Waals surface area contributed by atoms with Gasteiger partial charge >= 0.3 is 0 Å². The summed E-state index contributed by atoms with van der Waals surface area (Å²) in [6.07, 6.45) is 1.17. The molecule has 0 unspecified atom stereocenters. The number of hydrogen-bond acceptors (Lipinski definition) is 2. The van der Waals surface area contributed by atoms with Gasteiger partial charge in [0.05, 0.1) is 7.11 Å². The molecule has 1 N–H and O–H groups in total. The van der Waals surface area contributed by atoms with Gasteiger partial charge in [0.15, 0.2) is 0 Å². The molecule has 21 heavy (non-hydrogen) atoms. The van der Waals surface area contributed by atoms with E-state index in [2.05, 4.69) is 27.3 Å². The fraction of sp³-hybridized carbons (Fsp3) is 0.235. The number of rotatable bonds is 5. The average Bonchev–Trinajstić information content (AvgIpc) is 2.45. The van der Waals surface area contributed by atoms with Crippen LogP contribution in [0.1, 0.15) is 17.5 Å². The van der Waals surface area contributed by atoms with E-state index in [9.17, 15) is 4.79 Å². The van der Waals surface area contributed by atoms with Crippen molar-refractivity contribution in [2.24, 2.45) is 0 Å². The number of amides is 1. The summed E-state index contributed by atoms with van der Waals surface area (Å²) >= 11 is 3.39. The molecule has 0 aliphatic heterocycles. The molecule has 1 amide bonds. The molecule has 0 aliphatic carbocycles. The van der Waals surface area contributed by atoms with Gasteiger partial charge in [-0.05, 0) is 48.7 Å². The Bertz CT molecular complexity index is 640. The van der Waals surface area contributed by atoms with E-state index < -0.39 is 0 Å². The van der Waals surface area contributed by atoms with Crippen LogP contribution in [0.3, 0.4) is 0 Å². The highest BCUT2D eigenvalue weighted by Crippen LogP contribution is 2.20. The van der Waals surface area contributed by atoms with Crippen molar-refractivity contribution in [1.29, 1.82) is 0 Å². The van der Waals surface area contributed by atoms with E-state index in [1.54, 1.807) is 7.11 Å². The van der Waals surface area contributed by atoms with Gasteiger partial charge in [-0.1, -0.05) is 34.1 Å². The Hall–Kier alpha value is -1.81. The van der Waals surface area contributed by atoms with E-state index in [0.717, 1.165) is 27.0 Å². The van der Waals surface area contributed by atoms with Crippen molar-refractivity contribution >= 4 is 27.5 Å². The molecule has 0 heterocycles. The number of hydrogen-bond donors (Lipinski definition) is 1. The van der Waals surface area contributed by atoms with Gasteiger partial charge in [0, 0.05) is 16.6 Å². The van der Waals surface area contributed by atoms with Crippen LogP contribution in [0.2, 0.25) is 0 Å². The Kier molecular flexibility index (Phi) is 5.39. The molecular weight excluding hydrogens is 330 g/mol. The zero-order valence-corrected chi connectivity index (χ0v) is 13.7. The van der Waals surface area contributed by atoms with Gasteiger partial charge in [-0.15, -0.1) is 0 Å². The predicted octanol–water partition coefficient (Wildman–Crippen LogP) is 4.34. The Morgan fingerprint density at radius 3 is 2.71 bits per heavy atom. The fourth-order valence-electron chi connectivity index (χ4n) is 2.14. The second kappa shape index (κ2) is 7.27. The molecule has 0 bridgehead atoms. The third-order valence-electron chi connectivity index (χ3n) is 3.21. The summed E-state index contributed by atoms with van der Waals surface area (Å²) in [5.41, 5.74) is 3.03. The highest BCUT2D eigenvalue weighted by Gasteiger charge is 2.05. The lowest BCUT2D eigenvalue weighted by Gasteiger charge is -2.08. The zero-order valence-electron chi connectivity index (χ0n) is 12.2. The Labute approximate surface area is 133 Å². The topological polar surface area (TPSA) is 38.3 Å². The highest BCUT2D eigenvalue weighted by molar-refractivity contribution is 9.10. The number of carbonyl (C=O) groups excluding carboxylic acids is 1. The van der Waals surface area contributed by atoms with E-state index in [1.165, 1.54) is 0 Å². The standard InChI is InChI=1S/C17H18BrNO2/c1-12-10-13(6-8-16(12)21-2)7-9-17(20)19-15-5-3-4-14(18)11-15/h3-6,8,10-11H,7,9H2,1-2H3,(H,19,20). The summed E-state index contributed by atoms with van der Waals surface area (Å²) in [5.74, 6) is 0.888. The Balaban J connectivity index is 1.90. The van der Waals surface area contributed by atoms with Crippen LogP contribution in [0.15, 0.2) is 46.9 Å². The summed E-state index contributed by atoms with van der Waals surface area (Å²) in [5, 5.41) is 2.90. The molecule has 0 radical (unpaired) electrons. The number of ether oxygens (including phenoxy) is 1. The first-order valence-electron chi connectivity index (χ1n) is 6.77. The molecule has 2 rings (SSSR count). The molecule has 0 aromatic heterocycles. The molecular formula is C17H18BrNO2. The quantitative estimate of drug-likeness (QED) is 0.873. The number of methoxy groups -OCH3 is 1. The first-order valence-corrected chi connectivity index (χ1v) is 7.56. The number of anilines is 1. The Morgan fingerprint density at radius 1 is 1.24 bits per heavy atom. The maximum Gasteiger partial charge on any atom is 0.224 e. The molecule has 0 fully saturated rings. The number of benzene rings is 2. The van der Waals surface area contributed by atoms with Gasteiger partial charge in [-0.3, -0.25) is 4.79 Å². The van der Waals surface area contributed by atoms with Crippen molar-refractivity contribution < 1.29 is 9.53 Å². The first-order chi connectivity index (χ1) is 10.1. The normalized spacial score (nSPS) is 10.2. The second-order valence-electron chi connectivity index (χ2n) is 4.86. The van der Waals surface area contributed by atoms with Gasteiger partial charge in [0.2, 0.25) is 5.91 Å². The molecule has 0 saturated carbocycles. The monoisotopic (exact) mass is 347 g/mol. The van der Waals surface area contributed by atoms with Gasteiger partial charge in [-0.2, -0.15) is 0 Å². The summed E-state index contributed by atoms with van der Waals surface area (Å²) in [4.78, 5) is 12.0. The van der Waals surface area contributed by atoms with Crippen LogP contribution in [0, 0.1) is 6.92 Å². The maximum absolute atomic E-state index is 12.0. The van der Waals surface area contributed by atoms with Gasteiger partial charge in [-0.25, -0.2) is 0 Å². The third-order valence-corrected chi connectivity index (χ3v) is 3.70. The van der Waals surface area contributed by atoms with Gasteiger partial charge in [0.25, 0.3) is 0 Å². The van der Waals surface area contributed by atoms with Crippen LogP contribution in [0.4, 0.5) is 5.69 Å². The lowest BCUT2D eigenvalue weighted by Crippen LogP contribution is -2.12. The molecule has 2 aromatic rings. The lowest BCUT2D eigenvalue weighted by atomic mass is 10.1. The summed E-state index contributed by atoms with van der Waals surface area (Å²) in [7, 11) is 1.66. The summed E-state index contributed by atoms with van der Waals surface area (Å²) in [6.45, 7) is 2.00. The van der Waals surface area contributed by atoms with Crippen LogP contribution in [-0.2, 0) is 11.2 Å². The molecule has 0 aliphatic rings. The zero-order chi connectivity index (χ0) is 15.2. The highest BCUT2D eigenvalue weighted by atomic mass is 79.9.